The summed E-state index contributed by atoms with van der Waals surface area (Å²) in [6, 6.07) is 10.3. The van der Waals surface area contributed by atoms with Crippen LogP contribution in [0.25, 0.3) is 10.9 Å². The van der Waals surface area contributed by atoms with Gasteiger partial charge >= 0.3 is 12.3 Å². The second kappa shape index (κ2) is 12.5. The molecule has 0 radical (unpaired) electrons. The lowest BCUT2D eigenvalue weighted by Gasteiger charge is -2.49. The van der Waals surface area contributed by atoms with Crippen molar-refractivity contribution in [2.75, 3.05) is 27.2 Å². The van der Waals surface area contributed by atoms with Gasteiger partial charge in [-0.25, -0.2) is 10.6 Å². The molecule has 0 spiro atoms. The van der Waals surface area contributed by atoms with Crippen LogP contribution in [-0.4, -0.2) is 58.9 Å². The van der Waals surface area contributed by atoms with Crippen LogP contribution in [0.5, 0.6) is 0 Å². The largest absolute Gasteiger partial charge is 0.444 e. The van der Waals surface area contributed by atoms with Crippen LogP contribution in [0, 0.1) is 5.92 Å². The zero-order chi connectivity index (χ0) is 32.6. The van der Waals surface area contributed by atoms with Crippen molar-refractivity contribution >= 4 is 28.6 Å². The Morgan fingerprint density at radius 2 is 1.80 bits per heavy atom. The van der Waals surface area contributed by atoms with Crippen LogP contribution in [-0.2, 0) is 29.4 Å². The number of fused-ring (bicyclic) bond motifs is 1. The predicted molar refractivity (Wildman–Crippen MR) is 165 cm³/mol. The van der Waals surface area contributed by atoms with E-state index in [1.165, 1.54) is 22.0 Å². The lowest BCUT2D eigenvalue weighted by atomic mass is 9.74. The molecule has 12 heteroatoms. The summed E-state index contributed by atoms with van der Waals surface area (Å²) in [6.45, 7) is 7.75. The van der Waals surface area contributed by atoms with Gasteiger partial charge in [0, 0.05) is 56.8 Å². The minimum absolute atomic E-state index is 0.221. The maximum atomic E-state index is 13.1. The number of carbonyl (C=O) groups is 1. The third kappa shape index (κ3) is 6.74. The number of alkyl halides is 3. The highest BCUT2D eigenvalue weighted by Crippen LogP contribution is 2.44. The summed E-state index contributed by atoms with van der Waals surface area (Å²) in [6.07, 6.45) is -2.45. The van der Waals surface area contributed by atoms with Crippen molar-refractivity contribution in [1.82, 2.24) is 20.2 Å². The molecular weight excluding hydrogens is 595 g/mol. The third-order valence-corrected chi connectivity index (χ3v) is 8.15. The summed E-state index contributed by atoms with van der Waals surface area (Å²) >= 11 is 7.03. The molecule has 1 atom stereocenters. The SMILES string of the molecule is CCc1nc2ccc(C(O)(C(=CNC)N(C)N)C3CN(C(=O)OC(C)(C)C)C3)cc2c(Cl)c1Cc1ccc(C(F)(F)F)cc1. The fraction of sp³-hybridized carbons (Fsp3) is 0.438. The van der Waals surface area contributed by atoms with E-state index in [2.05, 4.69) is 5.32 Å². The molecule has 1 aliphatic rings. The molecule has 1 saturated heterocycles. The summed E-state index contributed by atoms with van der Waals surface area (Å²) in [5.74, 6) is 5.78. The smallest absolute Gasteiger partial charge is 0.416 e. The van der Waals surface area contributed by atoms with E-state index in [-0.39, 0.29) is 19.5 Å². The standard InChI is InChI=1S/C32H39ClF3N5O3/c1-7-25-23(14-19-8-10-20(11-9-19)32(34,35)36)28(33)24-15-21(12-13-26(24)39-25)31(43,27(16-38-5)40(6)37)22-17-41(18-22)29(42)44-30(2,3)4/h8-13,15-16,22,38,43H,7,14,17-18,37H2,1-6H3. The van der Waals surface area contributed by atoms with E-state index in [1.54, 1.807) is 59.3 Å². The second-order valence-electron chi connectivity index (χ2n) is 12.1. The number of halogens is 4. The number of pyridine rings is 1. The molecule has 44 heavy (non-hydrogen) atoms. The Labute approximate surface area is 260 Å². The predicted octanol–water partition coefficient (Wildman–Crippen LogP) is 5.98. The van der Waals surface area contributed by atoms with E-state index in [9.17, 15) is 23.1 Å². The number of hydrogen-bond donors (Lipinski definition) is 3. The van der Waals surface area contributed by atoms with E-state index < -0.39 is 35.0 Å². The lowest BCUT2D eigenvalue weighted by molar-refractivity contribution is -0.137. The number of likely N-dealkylation sites (tertiary alicyclic amines) is 1. The number of aromatic nitrogens is 1. The molecule has 3 aromatic rings. The number of rotatable bonds is 8. The summed E-state index contributed by atoms with van der Waals surface area (Å²) in [5, 5.41) is 17.7. The first-order valence-electron chi connectivity index (χ1n) is 14.3. The summed E-state index contributed by atoms with van der Waals surface area (Å²) in [7, 11) is 3.31. The Morgan fingerprint density at radius 1 is 1.18 bits per heavy atom. The molecule has 0 aliphatic carbocycles. The Morgan fingerprint density at radius 3 is 2.32 bits per heavy atom. The molecule has 1 fully saturated rings. The quantitative estimate of drug-likeness (QED) is 0.207. The fourth-order valence-electron chi connectivity index (χ4n) is 5.46. The van der Waals surface area contributed by atoms with Crippen molar-refractivity contribution in [2.45, 2.75) is 57.9 Å². The van der Waals surface area contributed by atoms with Gasteiger partial charge in [0.25, 0.3) is 0 Å². The molecule has 1 aliphatic heterocycles. The molecule has 4 rings (SSSR count). The maximum absolute atomic E-state index is 13.1. The molecule has 8 nitrogen and oxygen atoms in total. The average Bonchev–Trinajstić information content (AvgIpc) is 2.90. The molecule has 1 amide bonds. The van der Waals surface area contributed by atoms with Gasteiger partial charge in [-0.3, -0.25) is 4.98 Å². The van der Waals surface area contributed by atoms with Crippen molar-refractivity contribution < 1.29 is 27.8 Å². The minimum atomic E-state index is -4.43. The summed E-state index contributed by atoms with van der Waals surface area (Å²) in [4.78, 5) is 19.0. The number of amides is 1. The third-order valence-electron chi connectivity index (χ3n) is 7.71. The number of likely N-dealkylation sites (N-methyl/N-ethyl adjacent to an activating group) is 1. The van der Waals surface area contributed by atoms with Crippen molar-refractivity contribution in [3.8, 4) is 0 Å². The maximum Gasteiger partial charge on any atom is 0.416 e. The zero-order valence-electron chi connectivity index (χ0n) is 25.7. The second-order valence-corrected chi connectivity index (χ2v) is 12.5. The van der Waals surface area contributed by atoms with Crippen molar-refractivity contribution in [2.24, 2.45) is 11.8 Å². The van der Waals surface area contributed by atoms with Gasteiger partial charge in [0.15, 0.2) is 0 Å². The zero-order valence-corrected chi connectivity index (χ0v) is 26.5. The van der Waals surface area contributed by atoms with Gasteiger partial charge in [0.05, 0.1) is 21.8 Å². The Kier molecular flexibility index (Phi) is 9.44. The van der Waals surface area contributed by atoms with Crippen LogP contribution in [0.4, 0.5) is 18.0 Å². The number of hydrogen-bond acceptors (Lipinski definition) is 7. The molecule has 4 N–H and O–H groups in total. The Balaban J connectivity index is 1.77. The Hall–Kier alpha value is -3.54. The molecule has 238 valence electrons. The number of hydrazine groups is 1. The number of aliphatic hydroxyl groups is 1. The van der Waals surface area contributed by atoms with Crippen LogP contribution in [0.3, 0.4) is 0 Å². The van der Waals surface area contributed by atoms with Gasteiger partial charge in [0.2, 0.25) is 0 Å². The van der Waals surface area contributed by atoms with Crippen LogP contribution in [0.15, 0.2) is 54.4 Å². The first-order chi connectivity index (χ1) is 20.5. The highest BCUT2D eigenvalue weighted by molar-refractivity contribution is 6.36. The van der Waals surface area contributed by atoms with Crippen LogP contribution < -0.4 is 11.2 Å². The molecule has 1 unspecified atom stereocenters. The monoisotopic (exact) mass is 633 g/mol. The van der Waals surface area contributed by atoms with Gasteiger partial charge in [0.1, 0.15) is 11.2 Å². The molecule has 1 aromatic heterocycles. The highest BCUT2D eigenvalue weighted by atomic mass is 35.5. The van der Waals surface area contributed by atoms with Crippen molar-refractivity contribution in [1.29, 1.82) is 0 Å². The average molecular weight is 634 g/mol. The molecular formula is C32H39ClF3N5O3. The summed E-state index contributed by atoms with van der Waals surface area (Å²) in [5.41, 5.74) is 0.532. The summed E-state index contributed by atoms with van der Waals surface area (Å²) < 4.78 is 44.8. The van der Waals surface area contributed by atoms with E-state index in [4.69, 9.17) is 27.2 Å². The fourth-order valence-corrected chi connectivity index (χ4v) is 5.79. The first kappa shape index (κ1) is 33.4. The number of nitrogens with zero attached hydrogens (tertiary/aromatic N) is 3. The van der Waals surface area contributed by atoms with Crippen LogP contribution in [0.1, 0.15) is 55.6 Å². The first-order valence-corrected chi connectivity index (χ1v) is 14.7. The van der Waals surface area contributed by atoms with Crippen molar-refractivity contribution in [3.63, 3.8) is 0 Å². The van der Waals surface area contributed by atoms with E-state index in [0.717, 1.165) is 17.8 Å². The lowest BCUT2D eigenvalue weighted by Crippen LogP contribution is -2.61. The number of ether oxygens (including phenoxy) is 1. The molecule has 2 aromatic carbocycles. The Bertz CT molecular complexity index is 1550. The van der Waals surface area contributed by atoms with Gasteiger partial charge in [-0.1, -0.05) is 36.7 Å². The number of aryl methyl sites for hydroxylation is 1. The van der Waals surface area contributed by atoms with E-state index >= 15 is 0 Å². The number of carbonyl (C=O) groups excluding carboxylic acids is 1. The number of nitrogens with two attached hydrogens (primary N) is 1. The molecule has 2 heterocycles. The van der Waals surface area contributed by atoms with Gasteiger partial charge in [-0.2, -0.15) is 13.2 Å². The molecule has 0 saturated carbocycles. The van der Waals surface area contributed by atoms with Gasteiger partial charge < -0.3 is 25.1 Å². The number of benzene rings is 2. The van der Waals surface area contributed by atoms with E-state index in [1.807, 2.05) is 6.92 Å². The molecule has 0 bridgehead atoms. The van der Waals surface area contributed by atoms with E-state index in [0.29, 0.717) is 44.7 Å². The normalized spacial score (nSPS) is 16.0. The van der Waals surface area contributed by atoms with Crippen LogP contribution in [0.2, 0.25) is 5.02 Å². The topological polar surface area (TPSA) is 104 Å². The van der Waals surface area contributed by atoms with Gasteiger partial charge in [-0.15, -0.1) is 0 Å². The van der Waals surface area contributed by atoms with Crippen molar-refractivity contribution in [3.05, 3.63) is 87.3 Å². The minimum Gasteiger partial charge on any atom is -0.444 e. The van der Waals surface area contributed by atoms with Crippen LogP contribution >= 0.6 is 11.6 Å². The highest BCUT2D eigenvalue weighted by Gasteiger charge is 2.51. The number of nitrogens with one attached hydrogen (secondary N) is 1. The van der Waals surface area contributed by atoms with Gasteiger partial charge in [-0.05, 0) is 68.1 Å².